The molecule has 0 saturated carbocycles. The van der Waals surface area contributed by atoms with Crippen molar-refractivity contribution in [2.75, 3.05) is 0 Å². The Balaban J connectivity index is 1.44. The Morgan fingerprint density at radius 2 is 1.75 bits per heavy atom. The zero-order chi connectivity index (χ0) is 22.9. The van der Waals surface area contributed by atoms with E-state index in [-0.39, 0.29) is 17.3 Å². The van der Waals surface area contributed by atoms with E-state index in [2.05, 4.69) is 20.3 Å². The number of amides is 1. The molecule has 0 radical (unpaired) electrons. The van der Waals surface area contributed by atoms with Gasteiger partial charge >= 0.3 is 6.18 Å². The third kappa shape index (κ3) is 4.30. The number of benzene rings is 1. The van der Waals surface area contributed by atoms with Crippen molar-refractivity contribution in [3.05, 3.63) is 84.1 Å². The summed E-state index contributed by atoms with van der Waals surface area (Å²) in [7, 11) is -4.09. The van der Waals surface area contributed by atoms with E-state index in [1.165, 1.54) is 30.5 Å². The van der Waals surface area contributed by atoms with Crippen LogP contribution in [0, 0.1) is 0 Å². The summed E-state index contributed by atoms with van der Waals surface area (Å²) < 4.78 is 64.8. The number of nitrogens with one attached hydrogen (secondary N) is 1. The molecule has 0 bridgehead atoms. The van der Waals surface area contributed by atoms with Gasteiger partial charge in [0.15, 0.2) is 5.03 Å². The van der Waals surface area contributed by atoms with Crippen molar-refractivity contribution in [1.29, 1.82) is 0 Å². The number of alkyl halides is 3. The zero-order valence-corrected chi connectivity index (χ0v) is 16.9. The highest BCUT2D eigenvalue weighted by Crippen LogP contribution is 2.29. The number of rotatable bonds is 5. The summed E-state index contributed by atoms with van der Waals surface area (Å²) in [6.45, 7) is 0.125. The Hall–Kier alpha value is -3.80. The number of halogens is 3. The molecule has 32 heavy (non-hydrogen) atoms. The first-order chi connectivity index (χ1) is 15.1. The molecule has 8 nitrogen and oxygen atoms in total. The van der Waals surface area contributed by atoms with Gasteiger partial charge < -0.3 is 5.32 Å². The van der Waals surface area contributed by atoms with Gasteiger partial charge in [-0.05, 0) is 29.8 Å². The SMILES string of the molecule is O=C(NCc1ccc(S(=O)(=O)c2ccc(C(F)(F)F)cn2)cc1)c1cnc2nccn2c1. The molecule has 0 spiro atoms. The number of sulfone groups is 1. The lowest BCUT2D eigenvalue weighted by Crippen LogP contribution is -2.23. The molecule has 1 aromatic carbocycles. The number of nitrogens with zero attached hydrogens (tertiary/aromatic N) is 4. The predicted octanol–water partition coefficient (Wildman–Crippen LogP) is 2.91. The van der Waals surface area contributed by atoms with E-state index in [1.54, 1.807) is 23.0 Å². The van der Waals surface area contributed by atoms with Crippen LogP contribution in [0.3, 0.4) is 0 Å². The minimum atomic E-state index is -4.61. The van der Waals surface area contributed by atoms with Gasteiger partial charge in [0, 0.05) is 37.5 Å². The minimum absolute atomic E-state index is 0.125. The summed E-state index contributed by atoms with van der Waals surface area (Å²) in [5, 5.41) is 2.21. The lowest BCUT2D eigenvalue weighted by molar-refractivity contribution is -0.137. The molecule has 1 N–H and O–H groups in total. The monoisotopic (exact) mass is 461 g/mol. The quantitative estimate of drug-likeness (QED) is 0.490. The fourth-order valence-electron chi connectivity index (χ4n) is 2.83. The summed E-state index contributed by atoms with van der Waals surface area (Å²) in [5.74, 6) is 0.0830. The van der Waals surface area contributed by atoms with Crippen LogP contribution in [-0.4, -0.2) is 33.7 Å². The summed E-state index contributed by atoms with van der Waals surface area (Å²) >= 11 is 0. The second-order valence-corrected chi connectivity index (χ2v) is 8.59. The second-order valence-electron chi connectivity index (χ2n) is 6.69. The largest absolute Gasteiger partial charge is 0.417 e. The van der Waals surface area contributed by atoms with Gasteiger partial charge in [-0.3, -0.25) is 9.20 Å². The first-order valence-electron chi connectivity index (χ1n) is 9.09. The number of hydrogen-bond donors (Lipinski definition) is 1. The van der Waals surface area contributed by atoms with Gasteiger partial charge in [-0.2, -0.15) is 13.2 Å². The number of carbonyl (C=O) groups is 1. The smallest absolute Gasteiger partial charge is 0.348 e. The standard InChI is InChI=1S/C20H14F3N5O3S/c21-20(22,23)15-3-6-17(25-11-15)32(30,31)16-4-1-13(2-5-16)9-26-18(29)14-10-27-19-24-7-8-28(19)12-14/h1-8,10-12H,9H2,(H,26,29). The Morgan fingerprint density at radius 1 is 1.00 bits per heavy atom. The average Bonchev–Trinajstić information content (AvgIpc) is 3.25. The molecular formula is C20H14F3N5O3S. The summed E-state index contributed by atoms with van der Waals surface area (Å²) in [6.07, 6.45) is 2.06. The lowest BCUT2D eigenvalue weighted by atomic mass is 10.2. The number of carbonyl (C=O) groups excluding carboxylic acids is 1. The zero-order valence-electron chi connectivity index (χ0n) is 16.1. The molecule has 0 saturated heterocycles. The van der Waals surface area contributed by atoms with E-state index in [0.717, 1.165) is 6.07 Å². The van der Waals surface area contributed by atoms with Gasteiger partial charge in [0.05, 0.1) is 16.0 Å². The van der Waals surface area contributed by atoms with Gasteiger partial charge in [-0.25, -0.2) is 23.4 Å². The second kappa shape index (κ2) is 8.04. The molecule has 3 heterocycles. The third-order valence-electron chi connectivity index (χ3n) is 4.53. The topological polar surface area (TPSA) is 106 Å². The molecule has 4 aromatic rings. The Kier molecular flexibility index (Phi) is 5.38. The fourth-order valence-corrected chi connectivity index (χ4v) is 4.01. The maximum Gasteiger partial charge on any atom is 0.417 e. The molecule has 0 aliphatic carbocycles. The molecule has 0 aliphatic rings. The van der Waals surface area contributed by atoms with Crippen molar-refractivity contribution >= 4 is 21.5 Å². The van der Waals surface area contributed by atoms with Crippen LogP contribution in [0.2, 0.25) is 0 Å². The van der Waals surface area contributed by atoms with E-state index < -0.39 is 26.6 Å². The molecule has 3 aromatic heterocycles. The highest BCUT2D eigenvalue weighted by atomic mass is 32.2. The fraction of sp³-hybridized carbons (Fsp3) is 0.100. The number of hydrogen-bond acceptors (Lipinski definition) is 6. The van der Waals surface area contributed by atoms with Gasteiger partial charge in [0.2, 0.25) is 15.6 Å². The van der Waals surface area contributed by atoms with Crippen molar-refractivity contribution in [2.45, 2.75) is 22.6 Å². The molecule has 0 fully saturated rings. The van der Waals surface area contributed by atoms with E-state index in [4.69, 9.17) is 0 Å². The van der Waals surface area contributed by atoms with Crippen LogP contribution in [0.4, 0.5) is 13.2 Å². The van der Waals surface area contributed by atoms with Crippen molar-refractivity contribution < 1.29 is 26.4 Å². The van der Waals surface area contributed by atoms with Crippen molar-refractivity contribution in [3.63, 3.8) is 0 Å². The minimum Gasteiger partial charge on any atom is -0.348 e. The molecule has 0 unspecified atom stereocenters. The maximum atomic E-state index is 12.6. The Bertz CT molecular complexity index is 1380. The molecule has 1 amide bonds. The summed E-state index contributed by atoms with van der Waals surface area (Å²) in [6, 6.07) is 7.07. The highest BCUT2D eigenvalue weighted by Gasteiger charge is 2.31. The molecular weight excluding hydrogens is 447 g/mol. The first kappa shape index (κ1) is 21.4. The van der Waals surface area contributed by atoms with Gasteiger partial charge in [0.1, 0.15) is 0 Å². The van der Waals surface area contributed by atoms with Crippen molar-refractivity contribution in [2.24, 2.45) is 0 Å². The van der Waals surface area contributed by atoms with Gasteiger partial charge in [0.25, 0.3) is 5.91 Å². The maximum absolute atomic E-state index is 12.6. The van der Waals surface area contributed by atoms with Gasteiger partial charge in [-0.1, -0.05) is 12.1 Å². The first-order valence-corrected chi connectivity index (χ1v) is 10.6. The van der Waals surface area contributed by atoms with Crippen LogP contribution in [0.5, 0.6) is 0 Å². The Morgan fingerprint density at radius 3 is 2.41 bits per heavy atom. The molecule has 164 valence electrons. The van der Waals surface area contributed by atoms with Crippen LogP contribution in [0.15, 0.2) is 77.3 Å². The van der Waals surface area contributed by atoms with E-state index in [9.17, 15) is 26.4 Å². The van der Waals surface area contributed by atoms with Crippen LogP contribution in [0.25, 0.3) is 5.78 Å². The summed E-state index contributed by atoms with van der Waals surface area (Å²) in [5.41, 5.74) is -0.0950. The normalized spacial score (nSPS) is 12.1. The number of aromatic nitrogens is 4. The van der Waals surface area contributed by atoms with Crippen LogP contribution >= 0.6 is 0 Å². The van der Waals surface area contributed by atoms with E-state index in [1.807, 2.05) is 0 Å². The van der Waals surface area contributed by atoms with Crippen LogP contribution in [-0.2, 0) is 22.6 Å². The summed E-state index contributed by atoms with van der Waals surface area (Å²) in [4.78, 5) is 23.7. The average molecular weight is 461 g/mol. The number of pyridine rings is 1. The Labute approximate surface area is 179 Å². The number of imidazole rings is 1. The lowest BCUT2D eigenvalue weighted by Gasteiger charge is -2.09. The molecule has 4 rings (SSSR count). The van der Waals surface area contributed by atoms with E-state index >= 15 is 0 Å². The molecule has 0 aliphatic heterocycles. The molecule has 12 heteroatoms. The van der Waals surface area contributed by atoms with Crippen molar-refractivity contribution in [3.8, 4) is 0 Å². The number of fused-ring (bicyclic) bond motifs is 1. The van der Waals surface area contributed by atoms with E-state index in [0.29, 0.717) is 29.2 Å². The van der Waals surface area contributed by atoms with Crippen molar-refractivity contribution in [1.82, 2.24) is 24.7 Å². The molecule has 0 atom stereocenters. The van der Waals surface area contributed by atoms with Crippen LogP contribution in [0.1, 0.15) is 21.5 Å². The van der Waals surface area contributed by atoms with Gasteiger partial charge in [-0.15, -0.1) is 0 Å². The predicted molar refractivity (Wildman–Crippen MR) is 105 cm³/mol. The third-order valence-corrected chi connectivity index (χ3v) is 6.22. The van der Waals surface area contributed by atoms with Crippen LogP contribution < -0.4 is 5.32 Å². The highest BCUT2D eigenvalue weighted by molar-refractivity contribution is 7.91.